The summed E-state index contributed by atoms with van der Waals surface area (Å²) in [6.45, 7) is 2.48. The van der Waals surface area contributed by atoms with Gasteiger partial charge in [-0.1, -0.05) is 18.2 Å². The minimum absolute atomic E-state index is 0.296. The minimum atomic E-state index is -0.335. The van der Waals surface area contributed by atoms with Crippen molar-refractivity contribution in [1.29, 1.82) is 5.26 Å². The van der Waals surface area contributed by atoms with Crippen molar-refractivity contribution in [3.63, 3.8) is 0 Å². The first-order valence-corrected chi connectivity index (χ1v) is 7.11. The van der Waals surface area contributed by atoms with E-state index in [4.69, 9.17) is 0 Å². The third-order valence-electron chi connectivity index (χ3n) is 3.37. The molecule has 23 heavy (non-hydrogen) atoms. The largest absolute Gasteiger partial charge is 0.304 e. The van der Waals surface area contributed by atoms with Gasteiger partial charge in [0, 0.05) is 12.7 Å². The number of hydrogen-bond donors (Lipinski definition) is 1. The zero-order valence-corrected chi connectivity index (χ0v) is 12.5. The van der Waals surface area contributed by atoms with Crippen LogP contribution in [0.5, 0.6) is 0 Å². The molecule has 114 valence electrons. The van der Waals surface area contributed by atoms with E-state index in [-0.39, 0.29) is 5.91 Å². The lowest BCUT2D eigenvalue weighted by molar-refractivity contribution is 0.101. The highest BCUT2D eigenvalue weighted by Gasteiger charge is 2.18. The van der Waals surface area contributed by atoms with Crippen LogP contribution in [-0.2, 0) is 6.54 Å². The highest BCUT2D eigenvalue weighted by Crippen LogP contribution is 2.20. The third kappa shape index (κ3) is 2.70. The summed E-state index contributed by atoms with van der Waals surface area (Å²) in [6.07, 6.45) is 3.00. The maximum absolute atomic E-state index is 12.5. The first kappa shape index (κ1) is 14.5. The van der Waals surface area contributed by atoms with Crippen LogP contribution in [0.15, 0.2) is 48.8 Å². The third-order valence-corrected chi connectivity index (χ3v) is 3.37. The van der Waals surface area contributed by atoms with Crippen LogP contribution < -0.4 is 5.32 Å². The Kier molecular flexibility index (Phi) is 3.89. The second-order valence-electron chi connectivity index (χ2n) is 4.75. The molecule has 0 aliphatic rings. The van der Waals surface area contributed by atoms with Crippen LogP contribution in [0.4, 0.5) is 5.82 Å². The highest BCUT2D eigenvalue weighted by molar-refractivity contribution is 6.03. The van der Waals surface area contributed by atoms with Gasteiger partial charge in [0.05, 0.1) is 11.9 Å². The summed E-state index contributed by atoms with van der Waals surface area (Å²) < 4.78 is 3.12. The summed E-state index contributed by atoms with van der Waals surface area (Å²) in [7, 11) is 0. The number of nitrogens with zero attached hydrogens (tertiary/aromatic N) is 5. The van der Waals surface area contributed by atoms with Crippen molar-refractivity contribution in [2.24, 2.45) is 0 Å². The number of aromatic nitrogens is 4. The first-order chi connectivity index (χ1) is 11.2. The van der Waals surface area contributed by atoms with Crippen molar-refractivity contribution in [2.75, 3.05) is 5.32 Å². The van der Waals surface area contributed by atoms with Gasteiger partial charge in [-0.2, -0.15) is 15.5 Å². The average molecular weight is 306 g/mol. The van der Waals surface area contributed by atoms with Crippen molar-refractivity contribution < 1.29 is 4.79 Å². The Balaban J connectivity index is 1.98. The average Bonchev–Trinajstić information content (AvgIpc) is 3.22. The molecule has 3 aromatic rings. The Morgan fingerprint density at radius 2 is 2.04 bits per heavy atom. The molecular weight excluding hydrogens is 292 g/mol. The molecule has 0 spiro atoms. The van der Waals surface area contributed by atoms with Gasteiger partial charge in [0.2, 0.25) is 0 Å². The molecule has 0 saturated heterocycles. The molecule has 1 amide bonds. The Bertz CT molecular complexity index is 872. The molecule has 0 saturated carbocycles. The van der Waals surface area contributed by atoms with Crippen molar-refractivity contribution in [3.8, 4) is 11.8 Å². The van der Waals surface area contributed by atoms with Crippen LogP contribution in [0.1, 0.15) is 23.0 Å². The maximum Gasteiger partial charge on any atom is 0.275 e. The fraction of sp³-hybridized carbons (Fsp3) is 0.125. The fourth-order valence-corrected chi connectivity index (χ4v) is 2.26. The number of aryl methyl sites for hydroxylation is 1. The van der Waals surface area contributed by atoms with E-state index in [1.165, 1.54) is 10.9 Å². The number of amides is 1. The SMILES string of the molecule is CCn1nccc1C(=O)Nc1c(C#N)cnn1-c1ccccc1. The number of nitrogens with one attached hydrogen (secondary N) is 1. The van der Waals surface area contributed by atoms with Gasteiger partial charge >= 0.3 is 0 Å². The molecule has 0 fully saturated rings. The van der Waals surface area contributed by atoms with Crippen LogP contribution in [0.2, 0.25) is 0 Å². The maximum atomic E-state index is 12.5. The molecule has 0 atom stereocenters. The number of nitriles is 1. The van der Waals surface area contributed by atoms with Crippen LogP contribution in [0.3, 0.4) is 0 Å². The number of anilines is 1. The predicted molar refractivity (Wildman–Crippen MR) is 84.1 cm³/mol. The summed E-state index contributed by atoms with van der Waals surface area (Å²) in [5, 5.41) is 20.3. The van der Waals surface area contributed by atoms with E-state index in [9.17, 15) is 10.1 Å². The molecular formula is C16H14N6O. The van der Waals surface area contributed by atoms with Crippen molar-refractivity contribution >= 4 is 11.7 Å². The molecule has 0 unspecified atom stereocenters. The lowest BCUT2D eigenvalue weighted by atomic mass is 10.3. The Morgan fingerprint density at radius 1 is 1.26 bits per heavy atom. The van der Waals surface area contributed by atoms with E-state index in [0.717, 1.165) is 5.69 Å². The van der Waals surface area contributed by atoms with Crippen molar-refractivity contribution in [2.45, 2.75) is 13.5 Å². The van der Waals surface area contributed by atoms with Crippen LogP contribution in [-0.4, -0.2) is 25.5 Å². The van der Waals surface area contributed by atoms with Gasteiger partial charge in [-0.25, -0.2) is 4.68 Å². The van der Waals surface area contributed by atoms with Gasteiger partial charge in [-0.3, -0.25) is 9.48 Å². The number of carbonyl (C=O) groups is 1. The lowest BCUT2D eigenvalue weighted by Gasteiger charge is -2.10. The summed E-state index contributed by atoms with van der Waals surface area (Å²) in [4.78, 5) is 12.5. The summed E-state index contributed by atoms with van der Waals surface area (Å²) in [5.41, 5.74) is 1.48. The quantitative estimate of drug-likeness (QED) is 0.800. The van der Waals surface area contributed by atoms with Crippen LogP contribution in [0.25, 0.3) is 5.69 Å². The molecule has 0 aliphatic carbocycles. The molecule has 2 heterocycles. The number of rotatable bonds is 4. The van der Waals surface area contributed by atoms with E-state index in [1.54, 1.807) is 16.9 Å². The normalized spacial score (nSPS) is 10.3. The highest BCUT2D eigenvalue weighted by atomic mass is 16.2. The van der Waals surface area contributed by atoms with Gasteiger partial charge in [0.1, 0.15) is 17.3 Å². The topological polar surface area (TPSA) is 88.5 Å². The molecule has 2 aromatic heterocycles. The molecule has 1 aromatic carbocycles. The van der Waals surface area contributed by atoms with E-state index in [2.05, 4.69) is 15.5 Å². The van der Waals surface area contributed by atoms with E-state index in [0.29, 0.717) is 23.6 Å². The van der Waals surface area contributed by atoms with Gasteiger partial charge in [0.25, 0.3) is 5.91 Å². The Hall–Kier alpha value is -3.40. The second kappa shape index (κ2) is 6.15. The standard InChI is InChI=1S/C16H14N6O/c1-2-21-14(8-9-18-21)16(23)20-15-12(10-17)11-19-22(15)13-6-4-3-5-7-13/h3-9,11H,2H2,1H3,(H,20,23). The lowest BCUT2D eigenvalue weighted by Crippen LogP contribution is -2.19. The number of hydrogen-bond acceptors (Lipinski definition) is 4. The zero-order chi connectivity index (χ0) is 16.2. The van der Waals surface area contributed by atoms with Gasteiger partial charge < -0.3 is 5.32 Å². The number of carbonyl (C=O) groups excluding carboxylic acids is 1. The molecule has 0 radical (unpaired) electrons. The first-order valence-electron chi connectivity index (χ1n) is 7.11. The molecule has 7 heteroatoms. The smallest absolute Gasteiger partial charge is 0.275 e. The predicted octanol–water partition coefficient (Wildman–Crippen LogP) is 2.21. The molecule has 3 rings (SSSR count). The van der Waals surface area contributed by atoms with Gasteiger partial charge in [0.15, 0.2) is 5.82 Å². The summed E-state index contributed by atoms with van der Waals surface area (Å²) in [6, 6.07) is 13.0. The van der Waals surface area contributed by atoms with Gasteiger partial charge in [-0.05, 0) is 25.1 Å². The number of benzene rings is 1. The minimum Gasteiger partial charge on any atom is -0.304 e. The van der Waals surface area contributed by atoms with Crippen molar-refractivity contribution in [3.05, 3.63) is 60.0 Å². The van der Waals surface area contributed by atoms with Gasteiger partial charge in [-0.15, -0.1) is 0 Å². The zero-order valence-electron chi connectivity index (χ0n) is 12.5. The summed E-state index contributed by atoms with van der Waals surface area (Å²) in [5.74, 6) is 0.00563. The van der Waals surface area contributed by atoms with Crippen LogP contribution >= 0.6 is 0 Å². The second-order valence-corrected chi connectivity index (χ2v) is 4.75. The monoisotopic (exact) mass is 306 g/mol. The van der Waals surface area contributed by atoms with E-state index >= 15 is 0 Å². The Morgan fingerprint density at radius 3 is 2.74 bits per heavy atom. The molecule has 0 aliphatic heterocycles. The molecule has 7 nitrogen and oxygen atoms in total. The summed E-state index contributed by atoms with van der Waals surface area (Å²) >= 11 is 0. The molecule has 1 N–H and O–H groups in total. The van der Waals surface area contributed by atoms with Crippen LogP contribution in [0, 0.1) is 11.3 Å². The van der Waals surface area contributed by atoms with E-state index in [1.807, 2.05) is 43.3 Å². The Labute approximate surface area is 132 Å². The fourth-order valence-electron chi connectivity index (χ4n) is 2.26. The number of para-hydroxylation sites is 1. The van der Waals surface area contributed by atoms with E-state index < -0.39 is 0 Å². The molecule has 0 bridgehead atoms. The van der Waals surface area contributed by atoms with Crippen molar-refractivity contribution in [1.82, 2.24) is 19.6 Å².